The van der Waals surface area contributed by atoms with E-state index in [0.29, 0.717) is 41.7 Å². The molecule has 1 aliphatic rings. The third-order valence-electron chi connectivity index (χ3n) is 4.97. The molecule has 1 aromatic carbocycles. The van der Waals surface area contributed by atoms with Gasteiger partial charge in [-0.1, -0.05) is 23.7 Å². The molecule has 2 heterocycles. The summed E-state index contributed by atoms with van der Waals surface area (Å²) in [5, 5.41) is 1.42. The van der Waals surface area contributed by atoms with Gasteiger partial charge in [-0.15, -0.1) is 0 Å². The van der Waals surface area contributed by atoms with Crippen molar-refractivity contribution < 1.29 is 17.9 Å². The summed E-state index contributed by atoms with van der Waals surface area (Å²) in [6.07, 6.45) is 3.96. The van der Waals surface area contributed by atoms with Crippen LogP contribution >= 0.6 is 11.6 Å². The molecule has 7 nitrogen and oxygen atoms in total. The largest absolute Gasteiger partial charge is 0.444 e. The topological polar surface area (TPSA) is 79.8 Å². The maximum Gasteiger partial charge on any atom is 0.410 e. The first kappa shape index (κ1) is 22.8. The number of sulfonamides is 1. The van der Waals surface area contributed by atoms with E-state index in [0.717, 1.165) is 0 Å². The lowest BCUT2D eigenvalue weighted by Gasteiger charge is -2.36. The van der Waals surface area contributed by atoms with Crippen LogP contribution in [0, 0.1) is 0 Å². The van der Waals surface area contributed by atoms with E-state index in [-0.39, 0.29) is 11.4 Å². The van der Waals surface area contributed by atoms with Crippen LogP contribution in [0.4, 0.5) is 4.79 Å². The zero-order valence-electron chi connectivity index (χ0n) is 17.8. The standard InChI is InChI=1S/C21H28ClN3O4S/c1-15-14-24(20(26)29-21(2,3)4)10-5-6-11-25(15)30(27,28)18-9-7-8-16-12-23-13-17(22)19(16)18/h7-9,12-13,15H,5-6,10-11,14H2,1-4H3. The lowest BCUT2D eigenvalue weighted by molar-refractivity contribution is 0.0198. The van der Waals surface area contributed by atoms with Gasteiger partial charge in [0.25, 0.3) is 0 Å². The molecule has 0 radical (unpaired) electrons. The summed E-state index contributed by atoms with van der Waals surface area (Å²) in [5.74, 6) is 0. The van der Waals surface area contributed by atoms with Crippen molar-refractivity contribution in [2.24, 2.45) is 0 Å². The van der Waals surface area contributed by atoms with Crippen molar-refractivity contribution in [2.75, 3.05) is 19.6 Å². The number of halogens is 1. The normalized spacial score (nSPS) is 19.4. The van der Waals surface area contributed by atoms with Gasteiger partial charge in [-0.2, -0.15) is 4.31 Å². The summed E-state index contributed by atoms with van der Waals surface area (Å²) < 4.78 is 34.3. The quantitative estimate of drug-likeness (QED) is 0.677. The minimum Gasteiger partial charge on any atom is -0.444 e. The fourth-order valence-electron chi connectivity index (χ4n) is 3.64. The van der Waals surface area contributed by atoms with Crippen LogP contribution in [-0.4, -0.2) is 60.0 Å². The molecule has 9 heteroatoms. The molecule has 0 aliphatic carbocycles. The Kier molecular flexibility index (Phi) is 6.60. The Hall–Kier alpha value is -1.90. The van der Waals surface area contributed by atoms with Crippen molar-refractivity contribution in [3.8, 4) is 0 Å². The number of ether oxygens (including phenoxy) is 1. The van der Waals surface area contributed by atoms with E-state index in [9.17, 15) is 13.2 Å². The number of aromatic nitrogens is 1. The number of benzene rings is 1. The number of nitrogens with zero attached hydrogens (tertiary/aromatic N) is 3. The van der Waals surface area contributed by atoms with Gasteiger partial charge in [-0.05, 0) is 46.6 Å². The highest BCUT2D eigenvalue weighted by molar-refractivity contribution is 7.89. The average molecular weight is 454 g/mol. The summed E-state index contributed by atoms with van der Waals surface area (Å²) in [6, 6.07) is 4.63. The molecule has 1 saturated heterocycles. The number of pyridine rings is 1. The number of amides is 1. The Morgan fingerprint density at radius 2 is 1.90 bits per heavy atom. The highest BCUT2D eigenvalue weighted by Gasteiger charge is 2.34. The van der Waals surface area contributed by atoms with Crippen LogP contribution < -0.4 is 0 Å². The van der Waals surface area contributed by atoms with Gasteiger partial charge in [0, 0.05) is 48.8 Å². The molecule has 1 unspecified atom stereocenters. The van der Waals surface area contributed by atoms with Gasteiger partial charge >= 0.3 is 6.09 Å². The highest BCUT2D eigenvalue weighted by atomic mass is 35.5. The first-order valence-electron chi connectivity index (χ1n) is 10.0. The molecular formula is C21H28ClN3O4S. The van der Waals surface area contributed by atoms with Crippen LogP contribution in [0.5, 0.6) is 0 Å². The maximum atomic E-state index is 13.6. The van der Waals surface area contributed by atoms with Gasteiger partial charge in [0.15, 0.2) is 0 Å². The third kappa shape index (κ3) is 4.87. The Labute approximate surface area is 183 Å². The number of rotatable bonds is 2. The molecule has 1 fully saturated rings. The molecular weight excluding hydrogens is 426 g/mol. The van der Waals surface area contributed by atoms with E-state index in [1.54, 1.807) is 29.3 Å². The van der Waals surface area contributed by atoms with Gasteiger partial charge in [-0.25, -0.2) is 13.2 Å². The van der Waals surface area contributed by atoms with Crippen LogP contribution in [0.2, 0.25) is 5.02 Å². The molecule has 0 N–H and O–H groups in total. The minimum atomic E-state index is -3.84. The average Bonchev–Trinajstić information content (AvgIpc) is 2.63. The molecule has 1 amide bonds. The monoisotopic (exact) mass is 453 g/mol. The van der Waals surface area contributed by atoms with Crippen LogP contribution in [0.1, 0.15) is 40.5 Å². The molecule has 0 spiro atoms. The van der Waals surface area contributed by atoms with Crippen LogP contribution in [0.3, 0.4) is 0 Å². The first-order chi connectivity index (χ1) is 14.0. The van der Waals surface area contributed by atoms with E-state index in [1.165, 1.54) is 10.5 Å². The van der Waals surface area contributed by atoms with E-state index in [4.69, 9.17) is 16.3 Å². The molecule has 30 heavy (non-hydrogen) atoms. The van der Waals surface area contributed by atoms with Crippen molar-refractivity contribution in [2.45, 2.75) is 57.1 Å². The number of fused-ring (bicyclic) bond motifs is 1. The minimum absolute atomic E-state index is 0.156. The van der Waals surface area contributed by atoms with Crippen molar-refractivity contribution in [1.29, 1.82) is 0 Å². The first-order valence-corrected chi connectivity index (χ1v) is 11.8. The summed E-state index contributed by atoms with van der Waals surface area (Å²) in [6.45, 7) is 8.43. The molecule has 3 rings (SSSR count). The highest BCUT2D eigenvalue weighted by Crippen LogP contribution is 2.32. The molecule has 2 aromatic rings. The molecule has 1 atom stereocenters. The van der Waals surface area contributed by atoms with E-state index in [2.05, 4.69) is 4.98 Å². The molecule has 1 aliphatic heterocycles. The second-order valence-corrected chi connectivity index (χ2v) is 10.8. The van der Waals surface area contributed by atoms with Crippen LogP contribution in [-0.2, 0) is 14.8 Å². The Balaban J connectivity index is 1.94. The van der Waals surface area contributed by atoms with E-state index < -0.39 is 27.8 Å². The van der Waals surface area contributed by atoms with E-state index in [1.807, 2.05) is 27.7 Å². The second kappa shape index (κ2) is 8.69. The van der Waals surface area contributed by atoms with Gasteiger partial charge in [-0.3, -0.25) is 4.98 Å². The fourth-order valence-corrected chi connectivity index (χ4v) is 5.86. The number of hydrogen-bond acceptors (Lipinski definition) is 5. The zero-order chi connectivity index (χ0) is 22.1. The molecule has 0 bridgehead atoms. The van der Waals surface area contributed by atoms with E-state index >= 15 is 0 Å². The smallest absolute Gasteiger partial charge is 0.410 e. The summed E-state index contributed by atoms with van der Waals surface area (Å²) in [4.78, 5) is 18.4. The lowest BCUT2D eigenvalue weighted by Crippen LogP contribution is -2.50. The predicted molar refractivity (Wildman–Crippen MR) is 117 cm³/mol. The number of hydrogen-bond donors (Lipinski definition) is 0. The SMILES string of the molecule is CC1CN(C(=O)OC(C)(C)C)CCCCN1S(=O)(=O)c1cccc2cncc(Cl)c12. The summed E-state index contributed by atoms with van der Waals surface area (Å²) in [5.41, 5.74) is -0.609. The Morgan fingerprint density at radius 1 is 1.20 bits per heavy atom. The van der Waals surface area contributed by atoms with Crippen LogP contribution in [0.15, 0.2) is 35.5 Å². The van der Waals surface area contributed by atoms with Crippen molar-refractivity contribution in [3.05, 3.63) is 35.6 Å². The van der Waals surface area contributed by atoms with Gasteiger partial charge in [0.05, 0.1) is 9.92 Å². The van der Waals surface area contributed by atoms with Crippen molar-refractivity contribution >= 4 is 38.5 Å². The maximum absolute atomic E-state index is 13.6. The Morgan fingerprint density at radius 3 is 2.60 bits per heavy atom. The second-order valence-electron chi connectivity index (χ2n) is 8.57. The van der Waals surface area contributed by atoms with Crippen molar-refractivity contribution in [3.63, 3.8) is 0 Å². The summed E-state index contributed by atoms with van der Waals surface area (Å²) in [7, 11) is -3.84. The Bertz CT molecular complexity index is 1030. The zero-order valence-corrected chi connectivity index (χ0v) is 19.3. The van der Waals surface area contributed by atoms with Gasteiger partial charge < -0.3 is 9.64 Å². The molecule has 0 saturated carbocycles. The fraction of sp³-hybridized carbons (Fsp3) is 0.524. The molecule has 164 valence electrons. The van der Waals surface area contributed by atoms with Crippen LogP contribution in [0.25, 0.3) is 10.8 Å². The van der Waals surface area contributed by atoms with Gasteiger partial charge in [0.2, 0.25) is 10.0 Å². The summed E-state index contributed by atoms with van der Waals surface area (Å²) >= 11 is 6.31. The number of carbonyl (C=O) groups is 1. The molecule has 1 aromatic heterocycles. The lowest BCUT2D eigenvalue weighted by atomic mass is 10.2. The van der Waals surface area contributed by atoms with Gasteiger partial charge in [0.1, 0.15) is 5.60 Å². The predicted octanol–water partition coefficient (Wildman–Crippen LogP) is 4.30. The third-order valence-corrected chi connectivity index (χ3v) is 7.31. The number of carbonyl (C=O) groups excluding carboxylic acids is 1. The van der Waals surface area contributed by atoms with Crippen molar-refractivity contribution in [1.82, 2.24) is 14.2 Å².